The van der Waals surface area contributed by atoms with Crippen LogP contribution in [-0.2, 0) is 29.0 Å². The fourth-order valence-corrected chi connectivity index (χ4v) is 7.01. The molecule has 0 saturated heterocycles. The van der Waals surface area contributed by atoms with Gasteiger partial charge in [0.25, 0.3) is 0 Å². The van der Waals surface area contributed by atoms with Crippen molar-refractivity contribution in [3.63, 3.8) is 0 Å². The predicted molar refractivity (Wildman–Crippen MR) is 149 cm³/mol. The van der Waals surface area contributed by atoms with E-state index in [1.807, 2.05) is 6.07 Å². The maximum Gasteiger partial charge on any atom is 0.230 e. The zero-order valence-electron chi connectivity index (χ0n) is 21.1. The van der Waals surface area contributed by atoms with Crippen LogP contribution in [0.2, 0.25) is 0 Å². The van der Waals surface area contributed by atoms with Gasteiger partial charge in [0.05, 0.1) is 18.0 Å². The van der Waals surface area contributed by atoms with Gasteiger partial charge < -0.3 is 10.1 Å². The molecule has 1 amide bonds. The molecule has 1 N–H and O–H groups in total. The Balaban J connectivity index is 1.47. The van der Waals surface area contributed by atoms with Gasteiger partial charge in [-0.05, 0) is 50.7 Å². The summed E-state index contributed by atoms with van der Waals surface area (Å²) in [4.78, 5) is 24.9. The number of hydrogen-bond donors (Lipinski definition) is 1. The van der Waals surface area contributed by atoms with E-state index in [0.29, 0.717) is 12.4 Å². The topological polar surface area (TPSA) is 64.1 Å². The molecule has 4 rings (SSSR count). The van der Waals surface area contributed by atoms with Gasteiger partial charge in [0.1, 0.15) is 9.86 Å². The molecule has 35 heavy (non-hydrogen) atoms. The molecule has 0 aliphatic carbocycles. The average Bonchev–Trinajstić information content (AvgIpc) is 3.22. The van der Waals surface area contributed by atoms with Crippen molar-refractivity contribution in [3.05, 3.63) is 46.3 Å². The minimum Gasteiger partial charge on any atom is -0.369 e. The molecule has 0 bridgehead atoms. The predicted octanol–water partition coefficient (Wildman–Crippen LogP) is 6.66. The summed E-state index contributed by atoms with van der Waals surface area (Å²) in [6.07, 6.45) is 4.77. The molecule has 2 aromatic heterocycles. The number of hydrogen-bond acceptors (Lipinski definition) is 7. The van der Waals surface area contributed by atoms with E-state index in [2.05, 4.69) is 57.3 Å². The molecular weight excluding hydrogens is 495 g/mol. The van der Waals surface area contributed by atoms with E-state index in [1.165, 1.54) is 27.8 Å². The van der Waals surface area contributed by atoms with E-state index in [4.69, 9.17) is 14.7 Å². The highest BCUT2D eigenvalue weighted by Crippen LogP contribution is 2.43. The number of nitrogens with one attached hydrogen (secondary N) is 1. The third kappa shape index (κ3) is 6.79. The van der Waals surface area contributed by atoms with Crippen molar-refractivity contribution in [2.75, 3.05) is 11.5 Å². The van der Waals surface area contributed by atoms with Crippen LogP contribution in [0.1, 0.15) is 63.0 Å². The maximum atomic E-state index is 12.8. The lowest BCUT2D eigenvalue weighted by molar-refractivity contribution is -0.119. The minimum atomic E-state index is -0.163. The van der Waals surface area contributed by atoms with Gasteiger partial charge in [0, 0.05) is 28.5 Å². The molecule has 0 spiro atoms. The molecule has 2 atom stereocenters. The van der Waals surface area contributed by atoms with Crippen LogP contribution in [-0.4, -0.2) is 39.0 Å². The van der Waals surface area contributed by atoms with Gasteiger partial charge in [0.15, 0.2) is 5.16 Å². The number of thioether (sulfide) groups is 2. The summed E-state index contributed by atoms with van der Waals surface area (Å²) in [5, 5.41) is 6.03. The molecule has 1 aliphatic rings. The van der Waals surface area contributed by atoms with Crippen LogP contribution in [0.5, 0.6) is 0 Å². The second-order valence-corrected chi connectivity index (χ2v) is 12.5. The molecule has 5 nitrogen and oxygen atoms in total. The number of carbonyl (C=O) groups excluding carboxylic acids is 1. The molecule has 1 aliphatic heterocycles. The summed E-state index contributed by atoms with van der Waals surface area (Å²) in [6, 6.07) is 10.5. The molecule has 1 aromatic carbocycles. The second-order valence-electron chi connectivity index (χ2n) is 9.39. The largest absolute Gasteiger partial charge is 0.369 e. The molecule has 3 heterocycles. The first-order valence-corrected chi connectivity index (χ1v) is 15.2. The van der Waals surface area contributed by atoms with Crippen molar-refractivity contribution in [1.82, 2.24) is 15.3 Å². The number of thiophene rings is 1. The fraction of sp³-hybridized carbons (Fsp3) is 0.519. The number of nitrogens with zero attached hydrogens (tertiary/aromatic N) is 2. The number of rotatable bonds is 11. The van der Waals surface area contributed by atoms with Crippen LogP contribution < -0.4 is 5.32 Å². The highest BCUT2D eigenvalue weighted by Gasteiger charge is 2.33. The van der Waals surface area contributed by atoms with Crippen LogP contribution >= 0.6 is 34.9 Å². The number of ether oxygens (including phenoxy) is 1. The molecule has 3 aromatic rings. The molecular formula is C27H35N3O2S3. The van der Waals surface area contributed by atoms with E-state index in [-0.39, 0.29) is 17.6 Å². The quantitative estimate of drug-likeness (QED) is 0.170. The molecule has 0 radical (unpaired) electrons. The normalized spacial score (nSPS) is 18.4. The van der Waals surface area contributed by atoms with E-state index in [0.717, 1.165) is 58.3 Å². The average molecular weight is 530 g/mol. The molecule has 8 heteroatoms. The Morgan fingerprint density at radius 3 is 2.77 bits per heavy atom. The maximum absolute atomic E-state index is 12.8. The Morgan fingerprint density at radius 1 is 1.23 bits per heavy atom. The Morgan fingerprint density at radius 2 is 2.03 bits per heavy atom. The lowest BCUT2D eigenvalue weighted by Gasteiger charge is -2.33. The van der Waals surface area contributed by atoms with Gasteiger partial charge in [-0.15, -0.1) is 11.3 Å². The Hall–Kier alpha value is -1.61. The smallest absolute Gasteiger partial charge is 0.230 e. The minimum absolute atomic E-state index is 0.0518. The van der Waals surface area contributed by atoms with Crippen molar-refractivity contribution in [3.8, 4) is 0 Å². The van der Waals surface area contributed by atoms with Gasteiger partial charge in [0.2, 0.25) is 5.91 Å². The van der Waals surface area contributed by atoms with Gasteiger partial charge in [-0.1, -0.05) is 67.7 Å². The number of carbonyl (C=O) groups is 1. The monoisotopic (exact) mass is 529 g/mol. The van der Waals surface area contributed by atoms with Crippen LogP contribution in [0.15, 0.2) is 40.5 Å². The first-order chi connectivity index (χ1) is 16.9. The van der Waals surface area contributed by atoms with Gasteiger partial charge in [-0.2, -0.15) is 0 Å². The number of benzene rings is 1. The van der Waals surface area contributed by atoms with Crippen LogP contribution in [0.4, 0.5) is 0 Å². The van der Waals surface area contributed by atoms with Gasteiger partial charge in [-0.25, -0.2) is 9.97 Å². The SMILES string of the molecule is CCCSc1nc(SCC(=O)N[C@@H](C)CCc2ccccc2)c2c3c(sc2n1)CO[C@@](C)(CC)C3. The number of amides is 1. The molecule has 0 saturated carbocycles. The van der Waals surface area contributed by atoms with Crippen molar-refractivity contribution in [1.29, 1.82) is 0 Å². The highest BCUT2D eigenvalue weighted by molar-refractivity contribution is 8.00. The molecule has 188 valence electrons. The Labute approximate surface area is 221 Å². The second kappa shape index (κ2) is 12.1. The molecule has 0 fully saturated rings. The van der Waals surface area contributed by atoms with E-state index < -0.39 is 0 Å². The lowest BCUT2D eigenvalue weighted by Crippen LogP contribution is -2.34. The van der Waals surface area contributed by atoms with E-state index >= 15 is 0 Å². The third-order valence-electron chi connectivity index (χ3n) is 6.42. The van der Waals surface area contributed by atoms with Crippen LogP contribution in [0, 0.1) is 0 Å². The first kappa shape index (κ1) is 26.5. The van der Waals surface area contributed by atoms with Crippen molar-refractivity contribution < 1.29 is 9.53 Å². The zero-order valence-corrected chi connectivity index (χ0v) is 23.5. The number of aryl methyl sites for hydroxylation is 1. The summed E-state index contributed by atoms with van der Waals surface area (Å²) in [6.45, 7) is 9.23. The summed E-state index contributed by atoms with van der Waals surface area (Å²) in [5.41, 5.74) is 2.45. The van der Waals surface area contributed by atoms with Crippen LogP contribution in [0.3, 0.4) is 0 Å². The standard InChI is InChI=1S/C27H35N3O2S3/c1-5-14-33-26-29-24(23-20-15-27(4,6-2)32-16-21(20)35-25(23)30-26)34-17-22(31)28-18(3)12-13-19-10-8-7-9-11-19/h7-11,18H,5-6,12-17H2,1-4H3,(H,28,31)/t18-,27-/m0/s1. The fourth-order valence-electron chi connectivity index (χ4n) is 4.16. The zero-order chi connectivity index (χ0) is 24.8. The third-order valence-corrected chi connectivity index (χ3v) is 9.55. The van der Waals surface area contributed by atoms with Crippen molar-refractivity contribution in [2.24, 2.45) is 0 Å². The van der Waals surface area contributed by atoms with Crippen molar-refractivity contribution >= 4 is 51.0 Å². The summed E-state index contributed by atoms with van der Waals surface area (Å²) in [7, 11) is 0. The lowest BCUT2D eigenvalue weighted by atomic mass is 9.90. The highest BCUT2D eigenvalue weighted by atomic mass is 32.2. The summed E-state index contributed by atoms with van der Waals surface area (Å²) < 4.78 is 6.19. The Bertz CT molecular complexity index is 1150. The van der Waals surface area contributed by atoms with E-state index in [1.54, 1.807) is 23.1 Å². The van der Waals surface area contributed by atoms with Gasteiger partial charge >= 0.3 is 0 Å². The Kier molecular flexibility index (Phi) is 9.13. The first-order valence-electron chi connectivity index (χ1n) is 12.5. The van der Waals surface area contributed by atoms with Crippen LogP contribution in [0.25, 0.3) is 10.2 Å². The van der Waals surface area contributed by atoms with Crippen molar-refractivity contribution in [2.45, 2.75) is 88.2 Å². The van der Waals surface area contributed by atoms with E-state index in [9.17, 15) is 4.79 Å². The number of aromatic nitrogens is 2. The van der Waals surface area contributed by atoms with Gasteiger partial charge in [-0.3, -0.25) is 4.79 Å². The number of fused-ring (bicyclic) bond motifs is 3. The molecule has 0 unspecified atom stereocenters. The summed E-state index contributed by atoms with van der Waals surface area (Å²) in [5.74, 6) is 1.39. The summed E-state index contributed by atoms with van der Waals surface area (Å²) >= 11 is 4.94.